The molecule has 1 aromatic heterocycles. The van der Waals surface area contributed by atoms with Crippen LogP contribution in [0.4, 0.5) is 0 Å². The van der Waals surface area contributed by atoms with Gasteiger partial charge in [0.05, 0.1) is 5.69 Å². The van der Waals surface area contributed by atoms with E-state index in [4.69, 9.17) is 0 Å². The fraction of sp³-hybridized carbons (Fsp3) is 0.0500. The second kappa shape index (κ2) is 6.90. The van der Waals surface area contributed by atoms with E-state index in [0.717, 1.165) is 5.69 Å². The highest BCUT2D eigenvalue weighted by Crippen LogP contribution is 2.06. The van der Waals surface area contributed by atoms with Crippen LogP contribution in [0.15, 0.2) is 85.0 Å². The molecule has 2 aromatic carbocycles. The highest BCUT2D eigenvalue weighted by molar-refractivity contribution is 6.89. The van der Waals surface area contributed by atoms with Crippen molar-refractivity contribution in [2.24, 2.45) is 0 Å². The Bertz CT molecular complexity index is 711. The van der Waals surface area contributed by atoms with E-state index in [1.54, 1.807) is 0 Å². The first-order chi connectivity index (χ1) is 10.8. The van der Waals surface area contributed by atoms with Gasteiger partial charge in [-0.2, -0.15) is 0 Å². The molecule has 0 spiro atoms. The second-order valence-corrected chi connectivity index (χ2v) is 5.36. The van der Waals surface area contributed by atoms with Crippen molar-refractivity contribution >= 4 is 23.7 Å². The van der Waals surface area contributed by atoms with Gasteiger partial charge in [0.25, 0.3) is 0 Å². The SMILES string of the molecule is Cc1cccnc1/C=C/B(c1ccccc1)c1ccccc1. The number of nitrogens with zero attached hydrogens (tertiary/aromatic N) is 1. The third kappa shape index (κ3) is 3.34. The average Bonchev–Trinajstić information content (AvgIpc) is 2.59. The maximum Gasteiger partial charge on any atom is 0.233 e. The molecule has 0 bridgehead atoms. The maximum absolute atomic E-state index is 4.45. The second-order valence-electron chi connectivity index (χ2n) is 5.36. The van der Waals surface area contributed by atoms with Gasteiger partial charge in [-0.3, -0.25) is 4.98 Å². The summed E-state index contributed by atoms with van der Waals surface area (Å²) >= 11 is 0. The van der Waals surface area contributed by atoms with Gasteiger partial charge in [0.15, 0.2) is 0 Å². The van der Waals surface area contributed by atoms with Gasteiger partial charge < -0.3 is 0 Å². The van der Waals surface area contributed by atoms with Crippen LogP contribution in [-0.2, 0) is 0 Å². The molecule has 0 amide bonds. The third-order valence-corrected chi connectivity index (χ3v) is 3.81. The van der Waals surface area contributed by atoms with Gasteiger partial charge in [0.1, 0.15) is 0 Å². The van der Waals surface area contributed by atoms with Crippen LogP contribution in [0.3, 0.4) is 0 Å². The van der Waals surface area contributed by atoms with Gasteiger partial charge in [-0.1, -0.05) is 77.7 Å². The highest BCUT2D eigenvalue weighted by Gasteiger charge is 2.15. The van der Waals surface area contributed by atoms with Crippen molar-refractivity contribution in [1.29, 1.82) is 0 Å². The molecule has 0 saturated heterocycles. The Hall–Kier alpha value is -2.61. The lowest BCUT2D eigenvalue weighted by molar-refractivity contribution is 1.24. The van der Waals surface area contributed by atoms with E-state index in [0.29, 0.717) is 0 Å². The standard InChI is InChI=1S/C20H18BN/c1-17-9-8-16-22-20(17)14-15-21(18-10-4-2-5-11-18)19-12-6-3-7-13-19/h2-16H,1H3/b15-14+. The molecule has 3 rings (SSSR count). The molecule has 0 aliphatic heterocycles. The number of aryl methyl sites for hydroxylation is 1. The number of hydrogen-bond donors (Lipinski definition) is 0. The quantitative estimate of drug-likeness (QED) is 0.670. The number of aromatic nitrogens is 1. The van der Waals surface area contributed by atoms with E-state index >= 15 is 0 Å². The zero-order valence-electron chi connectivity index (χ0n) is 12.7. The molecule has 0 unspecified atom stereocenters. The van der Waals surface area contributed by atoms with Crippen molar-refractivity contribution in [1.82, 2.24) is 4.98 Å². The minimum atomic E-state index is 0.240. The Morgan fingerprint density at radius 3 is 1.91 bits per heavy atom. The van der Waals surface area contributed by atoms with Crippen molar-refractivity contribution in [3.8, 4) is 0 Å². The van der Waals surface area contributed by atoms with E-state index in [1.165, 1.54) is 16.5 Å². The average molecular weight is 283 g/mol. The molecule has 0 radical (unpaired) electrons. The number of pyridine rings is 1. The summed E-state index contributed by atoms with van der Waals surface area (Å²) < 4.78 is 0. The molecule has 22 heavy (non-hydrogen) atoms. The van der Waals surface area contributed by atoms with Gasteiger partial charge >= 0.3 is 0 Å². The van der Waals surface area contributed by atoms with Crippen molar-refractivity contribution in [3.63, 3.8) is 0 Å². The molecular weight excluding hydrogens is 265 g/mol. The fourth-order valence-corrected chi connectivity index (χ4v) is 2.60. The molecule has 0 aliphatic rings. The largest absolute Gasteiger partial charge is 0.257 e. The maximum atomic E-state index is 4.45. The summed E-state index contributed by atoms with van der Waals surface area (Å²) in [6.45, 7) is 2.33. The van der Waals surface area contributed by atoms with E-state index in [2.05, 4.69) is 90.7 Å². The van der Waals surface area contributed by atoms with Gasteiger partial charge in [-0.05, 0) is 24.6 Å². The lowest BCUT2D eigenvalue weighted by Gasteiger charge is -2.10. The van der Waals surface area contributed by atoms with E-state index in [-0.39, 0.29) is 6.71 Å². The predicted molar refractivity (Wildman–Crippen MR) is 95.9 cm³/mol. The Morgan fingerprint density at radius 1 is 0.773 bits per heavy atom. The van der Waals surface area contributed by atoms with Crippen LogP contribution in [-0.4, -0.2) is 11.7 Å². The van der Waals surface area contributed by atoms with Gasteiger partial charge in [0.2, 0.25) is 6.71 Å². The summed E-state index contributed by atoms with van der Waals surface area (Å²) in [6, 6.07) is 25.2. The minimum absolute atomic E-state index is 0.240. The van der Waals surface area contributed by atoms with E-state index < -0.39 is 0 Å². The monoisotopic (exact) mass is 283 g/mol. The summed E-state index contributed by atoms with van der Waals surface area (Å²) in [5, 5.41) is 0. The van der Waals surface area contributed by atoms with Crippen LogP contribution in [0.2, 0.25) is 0 Å². The summed E-state index contributed by atoms with van der Waals surface area (Å²) in [7, 11) is 0. The van der Waals surface area contributed by atoms with Crippen LogP contribution >= 0.6 is 0 Å². The van der Waals surface area contributed by atoms with Gasteiger partial charge in [-0.25, -0.2) is 0 Å². The summed E-state index contributed by atoms with van der Waals surface area (Å²) in [4.78, 5) is 4.45. The fourth-order valence-electron chi connectivity index (χ4n) is 2.60. The first kappa shape index (κ1) is 14.3. The van der Waals surface area contributed by atoms with Crippen LogP contribution < -0.4 is 10.9 Å². The lowest BCUT2D eigenvalue weighted by Crippen LogP contribution is -2.40. The number of rotatable bonds is 4. The van der Waals surface area contributed by atoms with Crippen LogP contribution in [0.1, 0.15) is 11.3 Å². The van der Waals surface area contributed by atoms with Crippen molar-refractivity contribution in [2.75, 3.05) is 0 Å². The molecule has 0 fully saturated rings. The Morgan fingerprint density at radius 2 is 1.36 bits per heavy atom. The lowest BCUT2D eigenvalue weighted by atomic mass is 9.40. The zero-order valence-corrected chi connectivity index (χ0v) is 12.7. The first-order valence-corrected chi connectivity index (χ1v) is 7.54. The van der Waals surface area contributed by atoms with E-state index in [1.807, 2.05) is 12.3 Å². The first-order valence-electron chi connectivity index (χ1n) is 7.54. The molecule has 0 saturated carbocycles. The highest BCUT2D eigenvalue weighted by atomic mass is 14.7. The molecule has 0 N–H and O–H groups in total. The Labute approximate surface area is 132 Å². The molecule has 1 nitrogen and oxygen atoms in total. The van der Waals surface area contributed by atoms with E-state index in [9.17, 15) is 0 Å². The molecule has 106 valence electrons. The smallest absolute Gasteiger partial charge is 0.233 e. The summed E-state index contributed by atoms with van der Waals surface area (Å²) in [6.07, 6.45) is 3.96. The molecular formula is C20H18BN. The summed E-state index contributed by atoms with van der Waals surface area (Å²) in [5.41, 5.74) is 4.80. The molecule has 0 aliphatic carbocycles. The minimum Gasteiger partial charge on any atom is -0.257 e. The van der Waals surface area contributed by atoms with Crippen molar-refractivity contribution in [3.05, 3.63) is 96.2 Å². The molecule has 0 atom stereocenters. The topological polar surface area (TPSA) is 12.9 Å². The Kier molecular flexibility index (Phi) is 4.50. The van der Waals surface area contributed by atoms with Crippen molar-refractivity contribution in [2.45, 2.75) is 6.92 Å². The molecule has 2 heteroatoms. The van der Waals surface area contributed by atoms with Gasteiger partial charge in [-0.15, -0.1) is 5.98 Å². The van der Waals surface area contributed by atoms with Gasteiger partial charge in [0, 0.05) is 6.20 Å². The normalized spacial score (nSPS) is 10.8. The molecule has 3 aromatic rings. The Balaban J connectivity index is 1.98. The van der Waals surface area contributed by atoms with Crippen LogP contribution in [0.5, 0.6) is 0 Å². The van der Waals surface area contributed by atoms with Crippen LogP contribution in [0.25, 0.3) is 6.08 Å². The van der Waals surface area contributed by atoms with Crippen molar-refractivity contribution < 1.29 is 0 Å². The predicted octanol–water partition coefficient (Wildman–Crippen LogP) is 3.25. The summed E-state index contributed by atoms with van der Waals surface area (Å²) in [5.74, 6) is 2.24. The zero-order chi connectivity index (χ0) is 15.2. The third-order valence-electron chi connectivity index (χ3n) is 3.81. The molecule has 1 heterocycles. The van der Waals surface area contributed by atoms with Crippen LogP contribution in [0, 0.1) is 6.92 Å². The number of hydrogen-bond acceptors (Lipinski definition) is 1. The number of benzene rings is 2.